The van der Waals surface area contributed by atoms with Crippen molar-refractivity contribution in [2.24, 2.45) is 35.3 Å². The molecule has 0 bridgehead atoms. The van der Waals surface area contributed by atoms with E-state index in [4.69, 9.17) is 15.2 Å². The Labute approximate surface area is 258 Å². The van der Waals surface area contributed by atoms with E-state index < -0.39 is 18.1 Å². The Morgan fingerprint density at radius 3 is 2.14 bits per heavy atom. The van der Waals surface area contributed by atoms with Crippen LogP contribution in [-0.2, 0) is 14.3 Å². The molecule has 5 atom stereocenters. The number of carbonyl (C=O) groups excluding carboxylic acids is 3. The molecule has 1 aromatic rings. The standard InChI is InChI=1S/C31H54N4O6.ClH/c1-20(2)23(19-35-30(38)24-12-8-9-13-28(24)41-15-11-10-14-40-7)16-26(32)27(36)17-25(21(3)4)31(39)34-18-22(5)29(37)33-6;/h8-9,12-13,20-23,25-27,36H,10-11,14-19,32H2,1-7H3,(H,33,37)(H,34,39)(H,35,38);1H/t22?,23-,25+,26+,27+;/m1./s1. The van der Waals surface area contributed by atoms with Crippen LogP contribution in [0.2, 0.25) is 0 Å². The second-order valence-electron chi connectivity index (χ2n) is 11.6. The molecule has 0 heterocycles. The van der Waals surface area contributed by atoms with E-state index in [0.29, 0.717) is 37.5 Å². The Bertz CT molecular complexity index is 932. The van der Waals surface area contributed by atoms with Crippen molar-refractivity contribution in [3.63, 3.8) is 0 Å². The Kier molecular flexibility index (Phi) is 20.1. The number of carbonyl (C=O) groups is 3. The van der Waals surface area contributed by atoms with Gasteiger partial charge in [0.15, 0.2) is 0 Å². The molecular formula is C31H55ClN4O6. The first-order valence-corrected chi connectivity index (χ1v) is 14.8. The fourth-order valence-corrected chi connectivity index (χ4v) is 4.57. The SMILES string of the molecule is CNC(=O)C(C)CNC(=O)[C@@H](C[C@H](O)[C@@H](N)C[C@H](CNC(=O)c1ccccc1OCCCCOC)C(C)C)C(C)C.Cl. The van der Waals surface area contributed by atoms with Gasteiger partial charge in [-0.25, -0.2) is 0 Å². The lowest BCUT2D eigenvalue weighted by atomic mass is 9.83. The quantitative estimate of drug-likeness (QED) is 0.141. The molecule has 11 heteroatoms. The Morgan fingerprint density at radius 1 is 0.905 bits per heavy atom. The van der Waals surface area contributed by atoms with Gasteiger partial charge in [-0.05, 0) is 55.6 Å². The Hall–Kier alpha value is -2.40. The van der Waals surface area contributed by atoms with Crippen molar-refractivity contribution in [3.05, 3.63) is 29.8 Å². The minimum absolute atomic E-state index is 0. The minimum Gasteiger partial charge on any atom is -0.493 e. The van der Waals surface area contributed by atoms with E-state index in [0.717, 1.165) is 12.8 Å². The van der Waals surface area contributed by atoms with Gasteiger partial charge in [0.05, 0.1) is 24.2 Å². The maximum atomic E-state index is 13.1. The van der Waals surface area contributed by atoms with Crippen molar-refractivity contribution in [1.82, 2.24) is 16.0 Å². The van der Waals surface area contributed by atoms with Crippen molar-refractivity contribution in [1.29, 1.82) is 0 Å². The lowest BCUT2D eigenvalue weighted by molar-refractivity contribution is -0.128. The monoisotopic (exact) mass is 614 g/mol. The number of aliphatic hydroxyl groups is 1. The summed E-state index contributed by atoms with van der Waals surface area (Å²) in [6.07, 6.45) is 1.51. The molecule has 242 valence electrons. The third-order valence-electron chi connectivity index (χ3n) is 7.58. The molecule has 0 saturated heterocycles. The molecule has 10 nitrogen and oxygen atoms in total. The van der Waals surface area contributed by atoms with Crippen LogP contribution in [0.4, 0.5) is 0 Å². The van der Waals surface area contributed by atoms with Crippen LogP contribution in [0.3, 0.4) is 0 Å². The van der Waals surface area contributed by atoms with Gasteiger partial charge in [-0.2, -0.15) is 0 Å². The average Bonchev–Trinajstić information content (AvgIpc) is 2.95. The molecule has 0 spiro atoms. The van der Waals surface area contributed by atoms with E-state index in [1.54, 1.807) is 39.3 Å². The molecule has 1 aromatic carbocycles. The summed E-state index contributed by atoms with van der Waals surface area (Å²) in [4.78, 5) is 37.7. The van der Waals surface area contributed by atoms with E-state index in [1.807, 2.05) is 19.9 Å². The molecular weight excluding hydrogens is 560 g/mol. The first-order chi connectivity index (χ1) is 19.4. The van der Waals surface area contributed by atoms with Gasteiger partial charge in [0.1, 0.15) is 5.75 Å². The van der Waals surface area contributed by atoms with Crippen molar-refractivity contribution >= 4 is 30.1 Å². The van der Waals surface area contributed by atoms with Crippen molar-refractivity contribution in [2.45, 2.75) is 72.4 Å². The lowest BCUT2D eigenvalue weighted by Crippen LogP contribution is -2.45. The van der Waals surface area contributed by atoms with E-state index in [1.165, 1.54) is 0 Å². The van der Waals surface area contributed by atoms with Gasteiger partial charge in [0.2, 0.25) is 11.8 Å². The topological polar surface area (TPSA) is 152 Å². The second kappa shape index (κ2) is 21.3. The average molecular weight is 615 g/mol. The zero-order valence-electron chi connectivity index (χ0n) is 26.5. The number of halogens is 1. The fourth-order valence-electron chi connectivity index (χ4n) is 4.57. The van der Waals surface area contributed by atoms with Crippen molar-refractivity contribution in [2.75, 3.05) is 40.5 Å². The van der Waals surface area contributed by atoms with Crippen LogP contribution >= 0.6 is 12.4 Å². The summed E-state index contributed by atoms with van der Waals surface area (Å²) in [5.74, 6) is -0.626. The van der Waals surface area contributed by atoms with E-state index >= 15 is 0 Å². The number of amides is 3. The number of ether oxygens (including phenoxy) is 2. The summed E-state index contributed by atoms with van der Waals surface area (Å²) in [6, 6.07) is 6.61. The highest BCUT2D eigenvalue weighted by Crippen LogP contribution is 2.24. The number of hydrogen-bond donors (Lipinski definition) is 5. The normalized spacial score (nSPS) is 14.7. The van der Waals surface area contributed by atoms with Gasteiger partial charge >= 0.3 is 0 Å². The third kappa shape index (κ3) is 14.2. The van der Waals surface area contributed by atoms with Crippen LogP contribution in [0.1, 0.15) is 70.7 Å². The lowest BCUT2D eigenvalue weighted by Gasteiger charge is -2.30. The molecule has 0 aliphatic carbocycles. The zero-order valence-corrected chi connectivity index (χ0v) is 27.3. The smallest absolute Gasteiger partial charge is 0.255 e. The van der Waals surface area contributed by atoms with Crippen LogP contribution in [0.15, 0.2) is 24.3 Å². The second-order valence-corrected chi connectivity index (χ2v) is 11.6. The first kappa shape index (κ1) is 39.6. The summed E-state index contributed by atoms with van der Waals surface area (Å²) in [5, 5.41) is 19.4. The number of aliphatic hydroxyl groups excluding tert-OH is 1. The van der Waals surface area contributed by atoms with Crippen molar-refractivity contribution < 1.29 is 29.0 Å². The highest BCUT2D eigenvalue weighted by atomic mass is 35.5. The molecule has 0 aliphatic rings. The van der Waals surface area contributed by atoms with E-state index in [2.05, 4.69) is 29.8 Å². The highest BCUT2D eigenvalue weighted by Gasteiger charge is 2.30. The predicted molar refractivity (Wildman–Crippen MR) is 169 cm³/mol. The van der Waals surface area contributed by atoms with Gasteiger partial charge < -0.3 is 36.3 Å². The van der Waals surface area contributed by atoms with E-state index in [-0.39, 0.29) is 66.8 Å². The van der Waals surface area contributed by atoms with Crippen LogP contribution in [0, 0.1) is 29.6 Å². The number of hydrogen-bond acceptors (Lipinski definition) is 7. The van der Waals surface area contributed by atoms with Gasteiger partial charge in [-0.3, -0.25) is 14.4 Å². The number of methoxy groups -OCH3 is 1. The largest absolute Gasteiger partial charge is 0.493 e. The highest BCUT2D eigenvalue weighted by molar-refractivity contribution is 5.96. The summed E-state index contributed by atoms with van der Waals surface area (Å²) >= 11 is 0. The third-order valence-corrected chi connectivity index (χ3v) is 7.58. The summed E-state index contributed by atoms with van der Waals surface area (Å²) < 4.78 is 10.9. The molecule has 6 N–H and O–H groups in total. The molecule has 3 amide bonds. The number of para-hydroxylation sites is 1. The minimum atomic E-state index is -0.895. The summed E-state index contributed by atoms with van der Waals surface area (Å²) in [5.41, 5.74) is 6.91. The van der Waals surface area contributed by atoms with Crippen LogP contribution in [0.5, 0.6) is 5.75 Å². The Morgan fingerprint density at radius 2 is 1.55 bits per heavy atom. The zero-order chi connectivity index (χ0) is 30.9. The number of nitrogens with one attached hydrogen (secondary N) is 3. The summed E-state index contributed by atoms with van der Waals surface area (Å²) in [6.45, 7) is 11.5. The number of rotatable bonds is 20. The number of nitrogens with two attached hydrogens (primary N) is 1. The Balaban J connectivity index is 0.0000168. The number of unbranched alkanes of at least 4 members (excludes halogenated alkanes) is 1. The van der Waals surface area contributed by atoms with Gasteiger partial charge in [-0.1, -0.05) is 46.8 Å². The van der Waals surface area contributed by atoms with Crippen LogP contribution in [-0.4, -0.2) is 75.4 Å². The van der Waals surface area contributed by atoms with Gasteiger partial charge in [0.25, 0.3) is 5.91 Å². The molecule has 0 saturated carbocycles. The predicted octanol–water partition coefficient (Wildman–Crippen LogP) is 3.15. The number of benzene rings is 1. The van der Waals surface area contributed by atoms with Gasteiger partial charge in [0, 0.05) is 45.8 Å². The fraction of sp³-hybridized carbons (Fsp3) is 0.710. The maximum absolute atomic E-state index is 13.1. The molecule has 0 aromatic heterocycles. The maximum Gasteiger partial charge on any atom is 0.255 e. The molecule has 0 radical (unpaired) electrons. The molecule has 1 unspecified atom stereocenters. The molecule has 0 aliphatic heterocycles. The first-order valence-electron chi connectivity index (χ1n) is 14.8. The van der Waals surface area contributed by atoms with Crippen LogP contribution in [0.25, 0.3) is 0 Å². The summed E-state index contributed by atoms with van der Waals surface area (Å²) in [7, 11) is 3.23. The van der Waals surface area contributed by atoms with Crippen molar-refractivity contribution in [3.8, 4) is 5.75 Å². The van der Waals surface area contributed by atoms with Crippen LogP contribution < -0.4 is 26.4 Å². The van der Waals surface area contributed by atoms with E-state index in [9.17, 15) is 19.5 Å². The van der Waals surface area contributed by atoms with Gasteiger partial charge in [-0.15, -0.1) is 12.4 Å². The molecule has 42 heavy (non-hydrogen) atoms. The molecule has 1 rings (SSSR count). The molecule has 0 fully saturated rings.